The highest BCUT2D eigenvalue weighted by atomic mass is 16.5. The van der Waals surface area contributed by atoms with Gasteiger partial charge in [-0.25, -0.2) is 15.0 Å². The molecular weight excluding hydrogens is 400 g/mol. The number of ether oxygens (including phenoxy) is 1. The van der Waals surface area contributed by atoms with Gasteiger partial charge in [0.25, 0.3) is 0 Å². The number of hydrogen-bond acceptors (Lipinski definition) is 7. The van der Waals surface area contributed by atoms with E-state index in [0.717, 1.165) is 76.0 Å². The van der Waals surface area contributed by atoms with Gasteiger partial charge in [-0.2, -0.15) is 0 Å². The number of likely N-dealkylation sites (tertiary alicyclic amines) is 1. The summed E-state index contributed by atoms with van der Waals surface area (Å²) in [4.78, 5) is 18.6. The topological polar surface area (TPSA) is 66.4 Å². The van der Waals surface area contributed by atoms with Crippen molar-refractivity contribution >= 4 is 11.6 Å². The monoisotopic (exact) mass is 430 g/mol. The van der Waals surface area contributed by atoms with Crippen LogP contribution >= 0.6 is 0 Å². The highest BCUT2D eigenvalue weighted by molar-refractivity contribution is 5.58. The lowest BCUT2D eigenvalue weighted by Crippen LogP contribution is -2.38. The Morgan fingerprint density at radius 2 is 1.72 bits per heavy atom. The van der Waals surface area contributed by atoms with Gasteiger partial charge in [0, 0.05) is 56.7 Å². The molecule has 2 saturated heterocycles. The van der Waals surface area contributed by atoms with Crippen molar-refractivity contribution in [3.8, 4) is 11.4 Å². The van der Waals surface area contributed by atoms with Gasteiger partial charge in [-0.15, -0.1) is 0 Å². The Hall–Kier alpha value is -3.03. The molecule has 2 aliphatic heterocycles. The number of hydrogen-bond donors (Lipinski definition) is 1. The zero-order chi connectivity index (χ0) is 21.6. The SMILES string of the molecule is c1ccc(CN2CCC(Nc3ccnc(-c4ccc(N5CCOCC5)nc4)n3)CC2)cc1. The molecule has 166 valence electrons. The standard InChI is InChI=1S/C25H30N6O/c1-2-4-20(5-3-1)19-30-12-9-22(10-13-30)28-23-8-11-26-25(29-23)21-6-7-24(27-18-21)31-14-16-32-17-15-31/h1-8,11,18,22H,9-10,12-17,19H2,(H,26,28,29). The number of benzene rings is 1. The summed E-state index contributed by atoms with van der Waals surface area (Å²) in [5, 5.41) is 3.62. The third-order valence-electron chi connectivity index (χ3n) is 6.19. The van der Waals surface area contributed by atoms with Gasteiger partial charge in [-0.1, -0.05) is 30.3 Å². The number of pyridine rings is 1. The zero-order valence-electron chi connectivity index (χ0n) is 18.4. The zero-order valence-corrected chi connectivity index (χ0v) is 18.4. The first-order valence-electron chi connectivity index (χ1n) is 11.5. The summed E-state index contributed by atoms with van der Waals surface area (Å²) in [6, 6.07) is 17.2. The van der Waals surface area contributed by atoms with Gasteiger partial charge in [0.15, 0.2) is 5.82 Å². The molecule has 0 amide bonds. The summed E-state index contributed by atoms with van der Waals surface area (Å²) < 4.78 is 5.42. The molecule has 32 heavy (non-hydrogen) atoms. The molecule has 4 heterocycles. The number of rotatable bonds is 6. The van der Waals surface area contributed by atoms with Crippen molar-refractivity contribution in [2.75, 3.05) is 49.6 Å². The van der Waals surface area contributed by atoms with E-state index in [1.165, 1.54) is 5.56 Å². The fourth-order valence-corrected chi connectivity index (χ4v) is 4.36. The maximum absolute atomic E-state index is 5.42. The normalized spacial score (nSPS) is 17.9. The molecule has 1 aromatic carbocycles. The number of aromatic nitrogens is 3. The fourth-order valence-electron chi connectivity index (χ4n) is 4.36. The van der Waals surface area contributed by atoms with Crippen LogP contribution in [0.15, 0.2) is 60.9 Å². The average Bonchev–Trinajstić information content (AvgIpc) is 2.87. The number of nitrogens with one attached hydrogen (secondary N) is 1. The number of nitrogens with zero attached hydrogens (tertiary/aromatic N) is 5. The van der Waals surface area contributed by atoms with E-state index in [1.54, 1.807) is 0 Å². The molecule has 3 aromatic rings. The smallest absolute Gasteiger partial charge is 0.163 e. The van der Waals surface area contributed by atoms with Crippen molar-refractivity contribution in [2.45, 2.75) is 25.4 Å². The number of anilines is 2. The van der Waals surface area contributed by atoms with Gasteiger partial charge in [-0.3, -0.25) is 4.90 Å². The van der Waals surface area contributed by atoms with E-state index in [2.05, 4.69) is 61.5 Å². The van der Waals surface area contributed by atoms with Crippen LogP contribution in [0.2, 0.25) is 0 Å². The van der Waals surface area contributed by atoms with E-state index in [0.29, 0.717) is 11.9 Å². The van der Waals surface area contributed by atoms with Crippen LogP contribution in [0.5, 0.6) is 0 Å². The Balaban J connectivity index is 1.17. The molecule has 0 saturated carbocycles. The molecule has 2 aromatic heterocycles. The van der Waals surface area contributed by atoms with Crippen LogP contribution in [0.3, 0.4) is 0 Å². The fraction of sp³-hybridized carbons (Fsp3) is 0.400. The van der Waals surface area contributed by atoms with Crippen LogP contribution in [0, 0.1) is 0 Å². The van der Waals surface area contributed by atoms with Crippen molar-refractivity contribution < 1.29 is 4.74 Å². The third kappa shape index (κ3) is 5.23. The summed E-state index contributed by atoms with van der Waals surface area (Å²) in [5.41, 5.74) is 2.32. The lowest BCUT2D eigenvalue weighted by Gasteiger charge is -2.32. The second kappa shape index (κ2) is 10.1. The van der Waals surface area contributed by atoms with Crippen molar-refractivity contribution in [1.29, 1.82) is 0 Å². The Morgan fingerprint density at radius 1 is 0.906 bits per heavy atom. The first-order chi connectivity index (χ1) is 15.8. The summed E-state index contributed by atoms with van der Waals surface area (Å²) in [5.74, 6) is 2.57. The molecule has 0 radical (unpaired) electrons. The van der Waals surface area contributed by atoms with Gasteiger partial charge >= 0.3 is 0 Å². The van der Waals surface area contributed by atoms with Crippen molar-refractivity contribution in [1.82, 2.24) is 19.9 Å². The van der Waals surface area contributed by atoms with E-state index in [4.69, 9.17) is 9.72 Å². The molecule has 2 fully saturated rings. The molecule has 2 aliphatic rings. The van der Waals surface area contributed by atoms with Crippen LogP contribution in [-0.2, 0) is 11.3 Å². The minimum Gasteiger partial charge on any atom is -0.378 e. The van der Waals surface area contributed by atoms with Crippen LogP contribution in [-0.4, -0.2) is 65.3 Å². The highest BCUT2D eigenvalue weighted by Gasteiger charge is 2.20. The van der Waals surface area contributed by atoms with Crippen molar-refractivity contribution in [3.63, 3.8) is 0 Å². The first-order valence-corrected chi connectivity index (χ1v) is 11.5. The quantitative estimate of drug-likeness (QED) is 0.642. The van der Waals surface area contributed by atoms with Crippen LogP contribution in [0.25, 0.3) is 11.4 Å². The Kier molecular flexibility index (Phi) is 6.55. The van der Waals surface area contributed by atoms with Crippen molar-refractivity contribution in [2.24, 2.45) is 0 Å². The average molecular weight is 431 g/mol. The Morgan fingerprint density at radius 3 is 2.47 bits per heavy atom. The summed E-state index contributed by atoms with van der Waals surface area (Å²) in [6.45, 7) is 6.49. The predicted molar refractivity (Wildman–Crippen MR) is 127 cm³/mol. The Labute approximate surface area is 189 Å². The van der Waals surface area contributed by atoms with E-state index in [1.807, 2.05) is 24.5 Å². The summed E-state index contributed by atoms with van der Waals surface area (Å²) in [7, 11) is 0. The van der Waals surface area contributed by atoms with Gasteiger partial charge in [-0.05, 0) is 36.6 Å². The van der Waals surface area contributed by atoms with Crippen LogP contribution in [0.1, 0.15) is 18.4 Å². The lowest BCUT2D eigenvalue weighted by molar-refractivity contribution is 0.122. The van der Waals surface area contributed by atoms with E-state index < -0.39 is 0 Å². The van der Waals surface area contributed by atoms with Crippen LogP contribution in [0.4, 0.5) is 11.6 Å². The van der Waals surface area contributed by atoms with E-state index in [-0.39, 0.29) is 0 Å². The second-order valence-electron chi connectivity index (χ2n) is 8.45. The molecule has 0 aliphatic carbocycles. The molecule has 5 rings (SSSR count). The van der Waals surface area contributed by atoms with E-state index >= 15 is 0 Å². The van der Waals surface area contributed by atoms with Crippen molar-refractivity contribution in [3.05, 3.63) is 66.5 Å². The van der Waals surface area contributed by atoms with Gasteiger partial charge in [0.2, 0.25) is 0 Å². The highest BCUT2D eigenvalue weighted by Crippen LogP contribution is 2.21. The molecule has 7 heteroatoms. The lowest BCUT2D eigenvalue weighted by atomic mass is 10.0. The molecule has 0 atom stereocenters. The third-order valence-corrected chi connectivity index (χ3v) is 6.19. The maximum atomic E-state index is 5.42. The predicted octanol–water partition coefficient (Wildman–Crippen LogP) is 3.45. The van der Waals surface area contributed by atoms with Gasteiger partial charge < -0.3 is 15.0 Å². The molecular formula is C25H30N6O. The van der Waals surface area contributed by atoms with E-state index in [9.17, 15) is 0 Å². The Bertz CT molecular complexity index is 983. The largest absolute Gasteiger partial charge is 0.378 e. The van der Waals surface area contributed by atoms with Gasteiger partial charge in [0.1, 0.15) is 11.6 Å². The summed E-state index contributed by atoms with van der Waals surface area (Å²) >= 11 is 0. The first kappa shape index (κ1) is 20.8. The minimum atomic E-state index is 0.437. The minimum absolute atomic E-state index is 0.437. The van der Waals surface area contributed by atoms with Gasteiger partial charge in [0.05, 0.1) is 13.2 Å². The molecule has 1 N–H and O–H groups in total. The maximum Gasteiger partial charge on any atom is 0.163 e. The molecule has 7 nitrogen and oxygen atoms in total. The number of piperidine rings is 1. The molecule has 0 bridgehead atoms. The molecule has 0 unspecified atom stereocenters. The van der Waals surface area contributed by atoms with Crippen LogP contribution < -0.4 is 10.2 Å². The summed E-state index contributed by atoms with van der Waals surface area (Å²) in [6.07, 6.45) is 5.92. The number of morpholine rings is 1. The molecule has 0 spiro atoms. The second-order valence-corrected chi connectivity index (χ2v) is 8.45.